The highest BCUT2D eigenvalue weighted by molar-refractivity contribution is 5.77. The second-order valence-electron chi connectivity index (χ2n) is 5.46. The lowest BCUT2D eigenvalue weighted by atomic mass is 10.0. The maximum Gasteiger partial charge on any atom is 0.180 e. The van der Waals surface area contributed by atoms with Crippen LogP contribution in [0.2, 0.25) is 0 Å². The van der Waals surface area contributed by atoms with E-state index in [-0.39, 0.29) is 0 Å². The highest BCUT2D eigenvalue weighted by Crippen LogP contribution is 2.24. The Morgan fingerprint density at radius 2 is 1.86 bits per heavy atom. The molecule has 104 valence electrons. The maximum atomic E-state index is 4.33. The van der Waals surface area contributed by atoms with Gasteiger partial charge in [0.1, 0.15) is 0 Å². The molecule has 3 aromatic heterocycles. The number of nitrogens with zero attached hydrogens (tertiary/aromatic N) is 4. The van der Waals surface area contributed by atoms with Crippen molar-refractivity contribution in [2.24, 2.45) is 0 Å². The predicted octanol–water partition coefficient (Wildman–Crippen LogP) is 3.40. The van der Waals surface area contributed by atoms with Crippen molar-refractivity contribution in [3.63, 3.8) is 0 Å². The minimum absolute atomic E-state index is 0.523. The van der Waals surface area contributed by atoms with Gasteiger partial charge in [-0.25, -0.2) is 4.98 Å². The number of aromatic amines is 1. The van der Waals surface area contributed by atoms with Crippen LogP contribution in [0.4, 0.5) is 0 Å². The molecule has 0 spiro atoms. The minimum atomic E-state index is 0.523. The summed E-state index contributed by atoms with van der Waals surface area (Å²) in [5.41, 5.74) is 4.95. The molecule has 3 heterocycles. The van der Waals surface area contributed by atoms with Crippen LogP contribution < -0.4 is 0 Å². The minimum Gasteiger partial charge on any atom is -0.345 e. The number of H-pyrrole nitrogens is 1. The maximum absolute atomic E-state index is 4.33. The molecule has 5 heteroatoms. The average molecular weight is 277 g/mol. The number of rotatable bonds is 2. The smallest absolute Gasteiger partial charge is 0.180 e. The summed E-state index contributed by atoms with van der Waals surface area (Å²) in [6.07, 6.45) is 3.61. The summed E-state index contributed by atoms with van der Waals surface area (Å²) < 4.78 is 2.03. The van der Waals surface area contributed by atoms with E-state index < -0.39 is 0 Å². The van der Waals surface area contributed by atoms with Gasteiger partial charge in [0.15, 0.2) is 17.1 Å². The first-order valence-corrected chi connectivity index (χ1v) is 7.01. The molecule has 0 saturated carbocycles. The zero-order valence-electron chi connectivity index (χ0n) is 11.9. The summed E-state index contributed by atoms with van der Waals surface area (Å²) >= 11 is 0. The Morgan fingerprint density at radius 1 is 1.05 bits per heavy atom. The first kappa shape index (κ1) is 12.1. The molecule has 4 rings (SSSR count). The van der Waals surface area contributed by atoms with Crippen molar-refractivity contribution in [3.05, 3.63) is 48.3 Å². The van der Waals surface area contributed by atoms with Gasteiger partial charge in [0, 0.05) is 11.8 Å². The lowest BCUT2D eigenvalue weighted by Crippen LogP contribution is -1.93. The number of hydrogen-bond donors (Lipinski definition) is 1. The van der Waals surface area contributed by atoms with Gasteiger partial charge in [-0.05, 0) is 17.5 Å². The van der Waals surface area contributed by atoms with E-state index in [4.69, 9.17) is 0 Å². The van der Waals surface area contributed by atoms with Crippen molar-refractivity contribution >= 4 is 16.8 Å². The van der Waals surface area contributed by atoms with E-state index in [1.54, 1.807) is 6.20 Å². The molecule has 21 heavy (non-hydrogen) atoms. The van der Waals surface area contributed by atoms with Crippen LogP contribution in [-0.2, 0) is 0 Å². The molecule has 1 aromatic carbocycles. The molecule has 0 fully saturated rings. The van der Waals surface area contributed by atoms with Crippen LogP contribution in [0, 0.1) is 0 Å². The molecule has 0 atom stereocenters. The van der Waals surface area contributed by atoms with Crippen molar-refractivity contribution in [2.45, 2.75) is 19.8 Å². The van der Waals surface area contributed by atoms with E-state index in [9.17, 15) is 0 Å². The molecule has 0 amide bonds. The Kier molecular flexibility index (Phi) is 2.54. The average Bonchev–Trinajstić information content (AvgIpc) is 3.13. The van der Waals surface area contributed by atoms with Crippen LogP contribution in [-0.4, -0.2) is 24.6 Å². The van der Waals surface area contributed by atoms with Crippen LogP contribution in [0.1, 0.15) is 25.3 Å². The van der Waals surface area contributed by atoms with E-state index in [1.807, 2.05) is 16.7 Å². The number of nitrogens with one attached hydrogen (secondary N) is 1. The fourth-order valence-electron chi connectivity index (χ4n) is 2.58. The van der Waals surface area contributed by atoms with Gasteiger partial charge in [-0.15, -0.1) is 10.2 Å². The Morgan fingerprint density at radius 3 is 2.62 bits per heavy atom. The summed E-state index contributed by atoms with van der Waals surface area (Å²) in [7, 11) is 0. The zero-order chi connectivity index (χ0) is 14.4. The molecule has 0 aliphatic carbocycles. The van der Waals surface area contributed by atoms with E-state index in [2.05, 4.69) is 58.3 Å². The summed E-state index contributed by atoms with van der Waals surface area (Å²) in [4.78, 5) is 7.45. The molecule has 0 radical (unpaired) electrons. The van der Waals surface area contributed by atoms with Gasteiger partial charge in [-0.2, -0.15) is 0 Å². The SMILES string of the molecule is CC(C)c1ccc(-c2nnc3cnc4[nH]ccc4n23)cc1. The lowest BCUT2D eigenvalue weighted by Gasteiger charge is -2.06. The molecule has 0 aliphatic rings. The van der Waals surface area contributed by atoms with Gasteiger partial charge in [-0.3, -0.25) is 4.40 Å². The van der Waals surface area contributed by atoms with Crippen LogP contribution in [0.5, 0.6) is 0 Å². The van der Waals surface area contributed by atoms with Gasteiger partial charge >= 0.3 is 0 Å². The summed E-state index contributed by atoms with van der Waals surface area (Å²) in [5.74, 6) is 1.36. The zero-order valence-corrected chi connectivity index (χ0v) is 11.9. The van der Waals surface area contributed by atoms with Crippen LogP contribution >= 0.6 is 0 Å². The lowest BCUT2D eigenvalue weighted by molar-refractivity contribution is 0.867. The second kappa shape index (κ2) is 4.41. The Balaban J connectivity index is 1.95. The quantitative estimate of drug-likeness (QED) is 0.611. The monoisotopic (exact) mass is 277 g/mol. The molecule has 0 unspecified atom stereocenters. The van der Waals surface area contributed by atoms with Crippen molar-refractivity contribution in [1.82, 2.24) is 24.6 Å². The van der Waals surface area contributed by atoms with Crippen LogP contribution in [0.25, 0.3) is 28.2 Å². The van der Waals surface area contributed by atoms with Gasteiger partial charge in [0.2, 0.25) is 0 Å². The third-order valence-electron chi connectivity index (χ3n) is 3.78. The van der Waals surface area contributed by atoms with Crippen LogP contribution in [0.3, 0.4) is 0 Å². The normalized spacial score (nSPS) is 11.8. The van der Waals surface area contributed by atoms with Crippen molar-refractivity contribution in [1.29, 1.82) is 0 Å². The van der Waals surface area contributed by atoms with E-state index in [0.29, 0.717) is 5.92 Å². The number of benzene rings is 1. The van der Waals surface area contributed by atoms with Crippen molar-refractivity contribution < 1.29 is 0 Å². The van der Waals surface area contributed by atoms with Crippen molar-refractivity contribution in [3.8, 4) is 11.4 Å². The molecule has 4 aromatic rings. The summed E-state index contributed by atoms with van der Waals surface area (Å²) in [5, 5.41) is 8.55. The van der Waals surface area contributed by atoms with Gasteiger partial charge in [0.25, 0.3) is 0 Å². The Labute approximate surface area is 121 Å². The summed E-state index contributed by atoms with van der Waals surface area (Å²) in [6, 6.07) is 10.5. The van der Waals surface area contributed by atoms with Gasteiger partial charge < -0.3 is 4.98 Å². The second-order valence-corrected chi connectivity index (χ2v) is 5.46. The molecule has 0 aliphatic heterocycles. The van der Waals surface area contributed by atoms with E-state index in [0.717, 1.165) is 28.2 Å². The van der Waals surface area contributed by atoms with E-state index in [1.165, 1.54) is 5.56 Å². The molecule has 5 nitrogen and oxygen atoms in total. The molecular weight excluding hydrogens is 262 g/mol. The number of fused-ring (bicyclic) bond motifs is 3. The Bertz CT molecular complexity index is 915. The topological polar surface area (TPSA) is 58.9 Å². The molecular formula is C16H15N5. The van der Waals surface area contributed by atoms with E-state index >= 15 is 0 Å². The molecule has 0 bridgehead atoms. The van der Waals surface area contributed by atoms with Crippen LogP contribution in [0.15, 0.2) is 42.7 Å². The standard InChI is InChI=1S/C16H15N5/c1-10(2)11-3-5-12(6-4-11)16-20-19-14-9-18-15-13(21(14)16)7-8-17-15/h3-10,17H,1-2H3. The van der Waals surface area contributed by atoms with Crippen molar-refractivity contribution in [2.75, 3.05) is 0 Å². The highest BCUT2D eigenvalue weighted by atomic mass is 15.3. The molecule has 1 N–H and O–H groups in total. The van der Waals surface area contributed by atoms with Gasteiger partial charge in [-0.1, -0.05) is 38.1 Å². The third kappa shape index (κ3) is 1.81. The Hall–Kier alpha value is -2.69. The third-order valence-corrected chi connectivity index (χ3v) is 3.78. The molecule has 0 saturated heterocycles. The summed E-state index contributed by atoms with van der Waals surface area (Å²) in [6.45, 7) is 4.38. The fourth-order valence-corrected chi connectivity index (χ4v) is 2.58. The fraction of sp³-hybridized carbons (Fsp3) is 0.188. The number of aromatic nitrogens is 5. The largest absolute Gasteiger partial charge is 0.345 e. The number of hydrogen-bond acceptors (Lipinski definition) is 3. The first-order valence-electron chi connectivity index (χ1n) is 7.01. The highest BCUT2D eigenvalue weighted by Gasteiger charge is 2.12. The van der Waals surface area contributed by atoms with Gasteiger partial charge in [0.05, 0.1) is 11.7 Å². The first-order chi connectivity index (χ1) is 10.2. The predicted molar refractivity (Wildman–Crippen MR) is 82.2 cm³/mol.